The minimum atomic E-state index is -0.438. The van der Waals surface area contributed by atoms with Crippen LogP contribution < -0.4 is 10.1 Å². The monoisotopic (exact) mass is 269 g/mol. The molecule has 100 valence electrons. The van der Waals surface area contributed by atoms with Crippen LogP contribution in [0.25, 0.3) is 0 Å². The molecule has 0 aromatic heterocycles. The van der Waals surface area contributed by atoms with Crippen molar-refractivity contribution >= 4 is 17.5 Å². The summed E-state index contributed by atoms with van der Waals surface area (Å²) in [6, 6.07) is 7.92. The van der Waals surface area contributed by atoms with Crippen LogP contribution in [-0.4, -0.2) is 23.9 Å². The van der Waals surface area contributed by atoms with E-state index in [0.717, 1.165) is 17.7 Å². The summed E-state index contributed by atoms with van der Waals surface area (Å²) in [6.07, 6.45) is 0.921. The zero-order valence-electron chi connectivity index (χ0n) is 11.1. The van der Waals surface area contributed by atoms with Gasteiger partial charge in [-0.3, -0.25) is 4.79 Å². The van der Waals surface area contributed by atoms with E-state index in [-0.39, 0.29) is 11.8 Å². The first-order valence-corrected chi connectivity index (χ1v) is 6.59. The first-order chi connectivity index (χ1) is 8.48. The number of nitrogens with one attached hydrogen (secondary N) is 1. The van der Waals surface area contributed by atoms with Gasteiger partial charge < -0.3 is 10.1 Å². The average molecular weight is 270 g/mol. The van der Waals surface area contributed by atoms with Gasteiger partial charge in [0.2, 0.25) is 5.91 Å². The van der Waals surface area contributed by atoms with Crippen molar-refractivity contribution in [3.8, 4) is 5.75 Å². The maximum absolute atomic E-state index is 11.3. The molecule has 0 radical (unpaired) electrons. The lowest BCUT2D eigenvalue weighted by atomic mass is 10.1. The van der Waals surface area contributed by atoms with Crippen LogP contribution in [0.4, 0.5) is 0 Å². The number of halogens is 1. The highest BCUT2D eigenvalue weighted by atomic mass is 35.5. The molecule has 3 nitrogen and oxygen atoms in total. The SMILES string of the molecule is CCc1ccccc1OCC(C)(C)NC(=O)CCl. The summed E-state index contributed by atoms with van der Waals surface area (Å²) < 4.78 is 5.78. The summed E-state index contributed by atoms with van der Waals surface area (Å²) in [4.78, 5) is 11.3. The van der Waals surface area contributed by atoms with Crippen LogP contribution in [0, 0.1) is 0 Å². The number of benzene rings is 1. The normalized spacial score (nSPS) is 11.1. The fraction of sp³-hybridized carbons (Fsp3) is 0.500. The van der Waals surface area contributed by atoms with E-state index in [2.05, 4.69) is 12.2 Å². The summed E-state index contributed by atoms with van der Waals surface area (Å²) in [6.45, 7) is 6.31. The molecule has 1 aromatic carbocycles. The van der Waals surface area contributed by atoms with Crippen molar-refractivity contribution < 1.29 is 9.53 Å². The number of carbonyl (C=O) groups is 1. The lowest BCUT2D eigenvalue weighted by Gasteiger charge is -2.26. The molecular weight excluding hydrogens is 250 g/mol. The molecule has 0 fully saturated rings. The minimum Gasteiger partial charge on any atom is -0.491 e. The summed E-state index contributed by atoms with van der Waals surface area (Å²) in [5.41, 5.74) is 0.726. The maximum Gasteiger partial charge on any atom is 0.235 e. The zero-order valence-corrected chi connectivity index (χ0v) is 11.9. The van der Waals surface area contributed by atoms with Crippen LogP contribution in [0.3, 0.4) is 0 Å². The fourth-order valence-corrected chi connectivity index (χ4v) is 1.71. The molecule has 4 heteroatoms. The van der Waals surface area contributed by atoms with E-state index in [1.165, 1.54) is 0 Å². The first-order valence-electron chi connectivity index (χ1n) is 6.06. The second kappa shape index (κ2) is 6.64. The number of hydrogen-bond donors (Lipinski definition) is 1. The van der Waals surface area contributed by atoms with E-state index in [1.54, 1.807) is 0 Å². The van der Waals surface area contributed by atoms with Gasteiger partial charge >= 0.3 is 0 Å². The molecule has 0 aliphatic carbocycles. The molecule has 0 saturated carbocycles. The van der Waals surface area contributed by atoms with Gasteiger partial charge in [-0.1, -0.05) is 25.1 Å². The van der Waals surface area contributed by atoms with E-state index in [9.17, 15) is 4.79 Å². The Morgan fingerprint density at radius 3 is 2.67 bits per heavy atom. The van der Waals surface area contributed by atoms with E-state index in [4.69, 9.17) is 16.3 Å². The molecule has 0 heterocycles. The summed E-state index contributed by atoms with van der Waals surface area (Å²) in [7, 11) is 0. The summed E-state index contributed by atoms with van der Waals surface area (Å²) in [5.74, 6) is 0.650. The number of para-hydroxylation sites is 1. The number of ether oxygens (including phenoxy) is 1. The third-order valence-electron chi connectivity index (χ3n) is 2.54. The van der Waals surface area contributed by atoms with Crippen LogP contribution in [0.5, 0.6) is 5.75 Å². The van der Waals surface area contributed by atoms with E-state index >= 15 is 0 Å². The summed E-state index contributed by atoms with van der Waals surface area (Å²) in [5, 5.41) is 2.82. The Bertz CT molecular complexity index is 405. The molecule has 0 aliphatic rings. The Kier molecular flexibility index (Phi) is 5.48. The second-order valence-corrected chi connectivity index (χ2v) is 5.08. The van der Waals surface area contributed by atoms with E-state index in [0.29, 0.717) is 6.61 Å². The van der Waals surface area contributed by atoms with Crippen molar-refractivity contribution in [1.82, 2.24) is 5.32 Å². The topological polar surface area (TPSA) is 38.3 Å². The molecule has 0 spiro atoms. The van der Waals surface area contributed by atoms with Crippen LogP contribution in [0.1, 0.15) is 26.3 Å². The Morgan fingerprint density at radius 2 is 2.06 bits per heavy atom. The molecule has 0 atom stereocenters. The number of rotatable bonds is 6. The molecule has 1 rings (SSSR count). The van der Waals surface area contributed by atoms with Gasteiger partial charge in [-0.05, 0) is 31.9 Å². The van der Waals surface area contributed by atoms with Crippen molar-refractivity contribution in [2.45, 2.75) is 32.7 Å². The lowest BCUT2D eigenvalue weighted by molar-refractivity contribution is -0.120. The molecule has 1 aromatic rings. The number of amides is 1. The maximum atomic E-state index is 11.3. The molecule has 0 saturated heterocycles. The van der Waals surface area contributed by atoms with Crippen molar-refractivity contribution in [2.75, 3.05) is 12.5 Å². The Labute approximate surface area is 113 Å². The number of aryl methyl sites for hydroxylation is 1. The van der Waals surface area contributed by atoms with Gasteiger partial charge in [-0.15, -0.1) is 11.6 Å². The van der Waals surface area contributed by atoms with Crippen molar-refractivity contribution in [2.24, 2.45) is 0 Å². The highest BCUT2D eigenvalue weighted by Crippen LogP contribution is 2.19. The van der Waals surface area contributed by atoms with Crippen LogP contribution in [0.2, 0.25) is 0 Å². The van der Waals surface area contributed by atoms with Gasteiger partial charge in [0.15, 0.2) is 0 Å². The van der Waals surface area contributed by atoms with E-state index < -0.39 is 5.54 Å². The highest BCUT2D eigenvalue weighted by molar-refractivity contribution is 6.27. The van der Waals surface area contributed by atoms with Crippen molar-refractivity contribution in [1.29, 1.82) is 0 Å². The van der Waals surface area contributed by atoms with Crippen LogP contribution >= 0.6 is 11.6 Å². The Hall–Kier alpha value is -1.22. The van der Waals surface area contributed by atoms with Crippen molar-refractivity contribution in [3.63, 3.8) is 0 Å². The van der Waals surface area contributed by atoms with Gasteiger partial charge in [-0.25, -0.2) is 0 Å². The number of alkyl halides is 1. The molecule has 18 heavy (non-hydrogen) atoms. The largest absolute Gasteiger partial charge is 0.491 e. The predicted octanol–water partition coefficient (Wildman–Crippen LogP) is 2.76. The van der Waals surface area contributed by atoms with Gasteiger partial charge in [0.25, 0.3) is 0 Å². The molecular formula is C14H20ClNO2. The van der Waals surface area contributed by atoms with Crippen LogP contribution in [0.15, 0.2) is 24.3 Å². The minimum absolute atomic E-state index is 0.0328. The fourth-order valence-electron chi connectivity index (χ4n) is 1.64. The molecule has 0 bridgehead atoms. The molecule has 1 N–H and O–H groups in total. The highest BCUT2D eigenvalue weighted by Gasteiger charge is 2.21. The molecule has 1 amide bonds. The second-order valence-electron chi connectivity index (χ2n) is 4.82. The van der Waals surface area contributed by atoms with Gasteiger partial charge in [0.05, 0.1) is 5.54 Å². The first kappa shape index (κ1) is 14.8. The lowest BCUT2D eigenvalue weighted by Crippen LogP contribution is -2.48. The Balaban J connectivity index is 2.61. The third-order valence-corrected chi connectivity index (χ3v) is 2.78. The number of carbonyl (C=O) groups excluding carboxylic acids is 1. The van der Waals surface area contributed by atoms with Gasteiger partial charge in [0.1, 0.15) is 18.2 Å². The summed E-state index contributed by atoms with van der Waals surface area (Å²) >= 11 is 5.47. The third kappa shape index (κ3) is 4.57. The molecule has 0 unspecified atom stereocenters. The quantitative estimate of drug-likeness (QED) is 0.807. The smallest absolute Gasteiger partial charge is 0.235 e. The van der Waals surface area contributed by atoms with Gasteiger partial charge in [-0.2, -0.15) is 0 Å². The zero-order chi connectivity index (χ0) is 13.6. The Morgan fingerprint density at radius 1 is 1.39 bits per heavy atom. The average Bonchev–Trinajstić information content (AvgIpc) is 2.36. The van der Waals surface area contributed by atoms with E-state index in [1.807, 2.05) is 38.1 Å². The van der Waals surface area contributed by atoms with Crippen LogP contribution in [-0.2, 0) is 11.2 Å². The standard InChI is InChI=1S/C14H20ClNO2/c1-4-11-7-5-6-8-12(11)18-10-14(2,3)16-13(17)9-15/h5-8H,4,9-10H2,1-3H3,(H,16,17). The number of hydrogen-bond acceptors (Lipinski definition) is 2. The van der Waals surface area contributed by atoms with Gasteiger partial charge in [0, 0.05) is 0 Å². The predicted molar refractivity (Wildman–Crippen MR) is 74.3 cm³/mol. The molecule has 0 aliphatic heterocycles. The van der Waals surface area contributed by atoms with Crippen molar-refractivity contribution in [3.05, 3.63) is 29.8 Å².